The molecule has 0 atom stereocenters. The molecule has 4 amide bonds. The van der Waals surface area contributed by atoms with Crippen molar-refractivity contribution < 1.29 is 14.4 Å². The largest absolute Gasteiger partial charge is 0.342 e. The van der Waals surface area contributed by atoms with Crippen molar-refractivity contribution in [2.45, 2.75) is 66.3 Å². The number of aryl methyl sites for hydroxylation is 1. The van der Waals surface area contributed by atoms with E-state index in [9.17, 15) is 14.4 Å². The summed E-state index contributed by atoms with van der Waals surface area (Å²) < 4.78 is 0. The molecule has 37 heavy (non-hydrogen) atoms. The summed E-state index contributed by atoms with van der Waals surface area (Å²) in [5, 5.41) is 5.75. The van der Waals surface area contributed by atoms with Crippen LogP contribution in [0.1, 0.15) is 65.1 Å². The molecule has 8 nitrogen and oxygen atoms in total. The smallest absolute Gasteiger partial charge is 0.323 e. The number of nitrogens with zero attached hydrogens (tertiary/aromatic N) is 3. The number of carbonyl (C=O) groups excluding carboxylic acids is 3. The van der Waals surface area contributed by atoms with E-state index in [2.05, 4.69) is 48.2 Å². The van der Waals surface area contributed by atoms with Gasteiger partial charge in [0.25, 0.3) is 5.91 Å². The standard InChI is InChI=1S/C29H37N5O3/c1-18-20(11-10-19-8-9-19)14-22(17-30-18)31-27(37)32-24-16-21(28(2,3)4)15-23(24)25(35)34-13-12-33(7)26(36)29(34,5)6/h14-15,17,19H,8-9,12-13,16H2,1-7H3,(H2,31,32,37). The molecule has 2 aliphatic carbocycles. The summed E-state index contributed by atoms with van der Waals surface area (Å²) in [7, 11) is 1.75. The van der Waals surface area contributed by atoms with E-state index in [0.29, 0.717) is 42.4 Å². The van der Waals surface area contributed by atoms with Crippen molar-refractivity contribution in [3.63, 3.8) is 0 Å². The number of aromatic nitrogens is 1. The summed E-state index contributed by atoms with van der Waals surface area (Å²) >= 11 is 0. The number of nitrogens with one attached hydrogen (secondary N) is 2. The van der Waals surface area contributed by atoms with Gasteiger partial charge in [-0.25, -0.2) is 4.79 Å². The van der Waals surface area contributed by atoms with Crippen LogP contribution in [0.2, 0.25) is 0 Å². The molecule has 0 bridgehead atoms. The third-order valence-electron chi connectivity index (χ3n) is 7.25. The number of carbonyl (C=O) groups is 3. The van der Waals surface area contributed by atoms with Crippen LogP contribution in [0.15, 0.2) is 35.2 Å². The van der Waals surface area contributed by atoms with Gasteiger partial charge in [-0.05, 0) is 51.2 Å². The molecule has 0 spiro atoms. The molecule has 1 aromatic rings. The zero-order valence-corrected chi connectivity index (χ0v) is 22.9. The minimum absolute atomic E-state index is 0.106. The van der Waals surface area contributed by atoms with Crippen molar-refractivity contribution in [1.29, 1.82) is 0 Å². The molecule has 0 unspecified atom stereocenters. The molecule has 1 aromatic heterocycles. The van der Waals surface area contributed by atoms with Crippen LogP contribution in [0.3, 0.4) is 0 Å². The van der Waals surface area contributed by atoms with E-state index in [1.54, 1.807) is 36.9 Å². The van der Waals surface area contributed by atoms with Crippen molar-refractivity contribution in [2.75, 3.05) is 25.5 Å². The Morgan fingerprint density at radius 3 is 2.51 bits per heavy atom. The number of likely N-dealkylation sites (N-methyl/N-ethyl adjacent to an activating group) is 1. The van der Waals surface area contributed by atoms with E-state index >= 15 is 0 Å². The van der Waals surface area contributed by atoms with Gasteiger partial charge in [0.2, 0.25) is 5.91 Å². The molecule has 8 heteroatoms. The van der Waals surface area contributed by atoms with Crippen molar-refractivity contribution in [2.24, 2.45) is 11.3 Å². The first-order chi connectivity index (χ1) is 17.3. The lowest BCUT2D eigenvalue weighted by Gasteiger charge is -2.44. The minimum atomic E-state index is -0.978. The van der Waals surface area contributed by atoms with Crippen molar-refractivity contribution in [3.8, 4) is 11.8 Å². The van der Waals surface area contributed by atoms with Gasteiger partial charge in [-0.1, -0.05) is 38.2 Å². The monoisotopic (exact) mass is 503 g/mol. The van der Waals surface area contributed by atoms with Gasteiger partial charge >= 0.3 is 6.03 Å². The van der Waals surface area contributed by atoms with Gasteiger partial charge in [0, 0.05) is 43.7 Å². The van der Waals surface area contributed by atoms with Crippen LogP contribution in [0.25, 0.3) is 0 Å². The molecule has 196 valence electrons. The second-order valence-corrected chi connectivity index (χ2v) is 11.7. The maximum atomic E-state index is 13.8. The third-order valence-corrected chi connectivity index (χ3v) is 7.25. The van der Waals surface area contributed by atoms with E-state index in [4.69, 9.17) is 0 Å². The first-order valence-corrected chi connectivity index (χ1v) is 12.9. The Kier molecular flexibility index (Phi) is 6.93. The molecule has 4 rings (SSSR count). The van der Waals surface area contributed by atoms with Crippen LogP contribution in [0.4, 0.5) is 10.5 Å². The Morgan fingerprint density at radius 2 is 1.86 bits per heavy atom. The fraction of sp³-hybridized carbons (Fsp3) is 0.517. The molecular formula is C29H37N5O3. The summed E-state index contributed by atoms with van der Waals surface area (Å²) in [6.45, 7) is 12.6. The quantitative estimate of drug-likeness (QED) is 0.610. The summed E-state index contributed by atoms with van der Waals surface area (Å²) in [5.74, 6) is 6.51. The molecule has 2 fully saturated rings. The molecule has 1 saturated carbocycles. The van der Waals surface area contributed by atoms with Crippen molar-refractivity contribution in [1.82, 2.24) is 20.1 Å². The number of rotatable bonds is 3. The van der Waals surface area contributed by atoms with Crippen LogP contribution in [-0.4, -0.2) is 58.3 Å². The zero-order chi connectivity index (χ0) is 27.1. The van der Waals surface area contributed by atoms with Gasteiger partial charge in [0.1, 0.15) is 5.54 Å². The van der Waals surface area contributed by atoms with E-state index in [1.807, 2.05) is 19.1 Å². The van der Waals surface area contributed by atoms with E-state index in [0.717, 1.165) is 29.7 Å². The number of amides is 4. The molecule has 1 aliphatic heterocycles. The number of allylic oxidation sites excluding steroid dienone is 1. The van der Waals surface area contributed by atoms with E-state index in [1.165, 1.54) is 0 Å². The fourth-order valence-electron chi connectivity index (χ4n) is 4.53. The van der Waals surface area contributed by atoms with Crippen molar-refractivity contribution in [3.05, 3.63) is 46.4 Å². The van der Waals surface area contributed by atoms with E-state index < -0.39 is 11.6 Å². The maximum Gasteiger partial charge on any atom is 0.323 e. The molecule has 0 radical (unpaired) electrons. The molecule has 3 aliphatic rings. The summed E-state index contributed by atoms with van der Waals surface area (Å²) in [5.41, 5.74) is 2.96. The van der Waals surface area contributed by atoms with Gasteiger partial charge < -0.3 is 20.4 Å². The van der Waals surface area contributed by atoms with Gasteiger partial charge in [0.05, 0.1) is 23.2 Å². The van der Waals surface area contributed by atoms with Crippen LogP contribution in [0, 0.1) is 30.1 Å². The average molecular weight is 504 g/mol. The highest BCUT2D eigenvalue weighted by molar-refractivity contribution is 6.03. The number of piperazine rings is 1. The molecule has 2 N–H and O–H groups in total. The van der Waals surface area contributed by atoms with Crippen molar-refractivity contribution >= 4 is 23.5 Å². The van der Waals surface area contributed by atoms with Gasteiger partial charge in [-0.2, -0.15) is 0 Å². The highest BCUT2D eigenvalue weighted by Gasteiger charge is 2.44. The molecule has 2 heterocycles. The number of anilines is 1. The SMILES string of the molecule is Cc1ncc(NC(=O)NC2=C(C(=O)N3CCN(C)C(=O)C3(C)C)C=C(C(C)(C)C)C2)cc1C#CC1CC1. The number of hydrogen-bond donors (Lipinski definition) is 2. The highest BCUT2D eigenvalue weighted by atomic mass is 16.2. The Balaban J connectivity index is 1.56. The summed E-state index contributed by atoms with van der Waals surface area (Å²) in [6, 6.07) is 1.37. The summed E-state index contributed by atoms with van der Waals surface area (Å²) in [6.07, 6.45) is 6.20. The van der Waals surface area contributed by atoms with Crippen LogP contribution < -0.4 is 10.6 Å². The lowest BCUT2D eigenvalue weighted by Crippen LogP contribution is -2.63. The lowest BCUT2D eigenvalue weighted by atomic mass is 9.85. The first-order valence-electron chi connectivity index (χ1n) is 12.9. The normalized spacial score (nSPS) is 19.3. The second-order valence-electron chi connectivity index (χ2n) is 11.7. The number of pyridine rings is 1. The molecule has 1 saturated heterocycles. The van der Waals surface area contributed by atoms with Crippen LogP contribution in [-0.2, 0) is 9.59 Å². The minimum Gasteiger partial charge on any atom is -0.342 e. The predicted octanol–water partition coefficient (Wildman–Crippen LogP) is 3.98. The highest BCUT2D eigenvalue weighted by Crippen LogP contribution is 2.38. The fourth-order valence-corrected chi connectivity index (χ4v) is 4.53. The maximum absolute atomic E-state index is 13.8. The average Bonchev–Trinajstić information content (AvgIpc) is 3.54. The van der Waals surface area contributed by atoms with Crippen LogP contribution >= 0.6 is 0 Å². The van der Waals surface area contributed by atoms with Gasteiger partial charge in [0.15, 0.2) is 0 Å². The number of hydrogen-bond acceptors (Lipinski definition) is 4. The lowest BCUT2D eigenvalue weighted by molar-refractivity contribution is -0.155. The van der Waals surface area contributed by atoms with Gasteiger partial charge in [-0.15, -0.1) is 0 Å². The zero-order valence-electron chi connectivity index (χ0n) is 22.9. The Morgan fingerprint density at radius 1 is 1.16 bits per heavy atom. The number of urea groups is 1. The molecular weight excluding hydrogens is 466 g/mol. The van der Waals surface area contributed by atoms with Crippen LogP contribution in [0.5, 0.6) is 0 Å². The Labute approximate surface area is 219 Å². The first kappa shape index (κ1) is 26.5. The third kappa shape index (κ3) is 5.71. The Bertz CT molecular complexity index is 1270. The molecule has 0 aromatic carbocycles. The second kappa shape index (κ2) is 9.70. The van der Waals surface area contributed by atoms with E-state index in [-0.39, 0.29) is 17.2 Å². The van der Waals surface area contributed by atoms with Gasteiger partial charge in [-0.3, -0.25) is 14.6 Å². The Hall–Kier alpha value is -3.60. The predicted molar refractivity (Wildman–Crippen MR) is 143 cm³/mol. The topological polar surface area (TPSA) is 94.6 Å². The summed E-state index contributed by atoms with van der Waals surface area (Å²) in [4.78, 5) is 47.2.